The lowest BCUT2D eigenvalue weighted by Gasteiger charge is -2.29. The summed E-state index contributed by atoms with van der Waals surface area (Å²) in [6.45, 7) is 4.67. The zero-order chi connectivity index (χ0) is 21.0. The molecule has 0 amide bonds. The van der Waals surface area contributed by atoms with E-state index >= 15 is 0 Å². The van der Waals surface area contributed by atoms with Gasteiger partial charge in [0.15, 0.2) is 5.96 Å². The fraction of sp³-hybridized carbons (Fsp3) is 0.478. The van der Waals surface area contributed by atoms with E-state index in [1.54, 1.807) is 20.4 Å². The van der Waals surface area contributed by atoms with Crippen molar-refractivity contribution in [1.29, 1.82) is 0 Å². The van der Waals surface area contributed by atoms with Gasteiger partial charge in [0.2, 0.25) is 5.88 Å². The lowest BCUT2D eigenvalue weighted by Crippen LogP contribution is -2.42. The van der Waals surface area contributed by atoms with Crippen molar-refractivity contribution in [2.45, 2.75) is 25.4 Å². The van der Waals surface area contributed by atoms with Crippen molar-refractivity contribution in [2.75, 3.05) is 47.0 Å². The third-order valence-electron chi connectivity index (χ3n) is 5.27. The number of guanidine groups is 1. The highest BCUT2D eigenvalue weighted by Gasteiger charge is 2.23. The largest absolute Gasteiger partial charge is 0.475 e. The number of nitrogens with one attached hydrogen (secondary N) is 2. The van der Waals surface area contributed by atoms with Crippen molar-refractivity contribution in [3.63, 3.8) is 0 Å². The predicted molar refractivity (Wildman–Crippen MR) is 120 cm³/mol. The molecule has 3 rings (SSSR count). The normalized spacial score (nSPS) is 15.7. The van der Waals surface area contributed by atoms with Crippen LogP contribution in [0.4, 0.5) is 0 Å². The van der Waals surface area contributed by atoms with E-state index in [0.717, 1.165) is 31.2 Å². The molecule has 2 heterocycles. The molecule has 162 valence electrons. The second-order valence-corrected chi connectivity index (χ2v) is 7.29. The first-order valence-corrected chi connectivity index (χ1v) is 10.6. The Morgan fingerprint density at radius 3 is 2.63 bits per heavy atom. The average molecular weight is 412 g/mol. The summed E-state index contributed by atoms with van der Waals surface area (Å²) in [5.41, 5.74) is 2.32. The number of hydrogen-bond donors (Lipinski definition) is 2. The highest BCUT2D eigenvalue weighted by molar-refractivity contribution is 5.79. The van der Waals surface area contributed by atoms with Crippen molar-refractivity contribution in [3.8, 4) is 5.88 Å². The van der Waals surface area contributed by atoms with Crippen LogP contribution in [0, 0.1) is 0 Å². The van der Waals surface area contributed by atoms with E-state index in [4.69, 9.17) is 9.47 Å². The molecule has 7 heteroatoms. The maximum atomic E-state index is 5.72. The molecule has 0 aliphatic carbocycles. The molecule has 1 fully saturated rings. The maximum absolute atomic E-state index is 5.72. The zero-order valence-electron chi connectivity index (χ0n) is 18.0. The Bertz CT molecular complexity index is 778. The highest BCUT2D eigenvalue weighted by Crippen LogP contribution is 2.24. The number of nitrogens with zero attached hydrogens (tertiary/aromatic N) is 3. The number of benzene rings is 1. The smallest absolute Gasteiger partial charge is 0.218 e. The van der Waals surface area contributed by atoms with Crippen LogP contribution in [0.15, 0.2) is 53.7 Å². The van der Waals surface area contributed by atoms with E-state index in [1.165, 1.54) is 18.4 Å². The zero-order valence-corrected chi connectivity index (χ0v) is 18.0. The van der Waals surface area contributed by atoms with Gasteiger partial charge in [-0.3, -0.25) is 9.89 Å². The molecule has 2 aromatic rings. The fourth-order valence-electron chi connectivity index (χ4n) is 3.69. The van der Waals surface area contributed by atoms with Gasteiger partial charge in [-0.1, -0.05) is 36.4 Å². The first kappa shape index (κ1) is 22.1. The predicted octanol–water partition coefficient (Wildman–Crippen LogP) is 2.61. The molecule has 1 aromatic carbocycles. The first-order chi connectivity index (χ1) is 14.8. The van der Waals surface area contributed by atoms with Gasteiger partial charge in [-0.15, -0.1) is 0 Å². The van der Waals surface area contributed by atoms with Crippen LogP contribution < -0.4 is 15.4 Å². The first-order valence-electron chi connectivity index (χ1n) is 10.6. The van der Waals surface area contributed by atoms with Gasteiger partial charge in [0.25, 0.3) is 0 Å². The third kappa shape index (κ3) is 6.43. The van der Waals surface area contributed by atoms with E-state index in [-0.39, 0.29) is 0 Å². The summed E-state index contributed by atoms with van der Waals surface area (Å²) in [5, 5.41) is 6.89. The number of hydrogen-bond acceptors (Lipinski definition) is 5. The van der Waals surface area contributed by atoms with Gasteiger partial charge in [0, 0.05) is 39.0 Å². The minimum atomic E-state index is 0.332. The van der Waals surface area contributed by atoms with Crippen LogP contribution in [-0.2, 0) is 11.3 Å². The van der Waals surface area contributed by atoms with Crippen molar-refractivity contribution >= 4 is 5.96 Å². The van der Waals surface area contributed by atoms with Crippen LogP contribution in [0.5, 0.6) is 5.88 Å². The van der Waals surface area contributed by atoms with E-state index in [9.17, 15) is 0 Å². The minimum absolute atomic E-state index is 0.332. The van der Waals surface area contributed by atoms with E-state index in [1.807, 2.05) is 12.1 Å². The molecule has 0 radical (unpaired) electrons. The van der Waals surface area contributed by atoms with Crippen molar-refractivity contribution in [3.05, 3.63) is 59.8 Å². The number of likely N-dealkylation sites (tertiary alicyclic amines) is 1. The average Bonchev–Trinajstić information content (AvgIpc) is 3.32. The molecule has 7 nitrogen and oxygen atoms in total. The standard InChI is InChI=1S/C23H33N5O2/c1-24-23(26-17-20-11-8-12-25-22(20)30-16-15-29-2)27-18-21(28-13-6-7-14-28)19-9-4-3-5-10-19/h3-5,8-12,21H,6-7,13-18H2,1-2H3,(H2,24,26,27). The van der Waals surface area contributed by atoms with Gasteiger partial charge < -0.3 is 20.1 Å². The molecule has 1 atom stereocenters. The number of aliphatic imine (C=N–C) groups is 1. The SMILES string of the molecule is CN=C(NCc1cccnc1OCCOC)NCC(c1ccccc1)N1CCCC1. The second kappa shape index (κ2) is 12.1. The van der Waals surface area contributed by atoms with Crippen molar-refractivity contribution in [2.24, 2.45) is 4.99 Å². The van der Waals surface area contributed by atoms with Crippen molar-refractivity contribution < 1.29 is 9.47 Å². The van der Waals surface area contributed by atoms with E-state index in [2.05, 4.69) is 55.8 Å². The summed E-state index contributed by atoms with van der Waals surface area (Å²) in [4.78, 5) is 11.3. The lowest BCUT2D eigenvalue weighted by atomic mass is 10.1. The Labute approximate surface area is 179 Å². The number of aromatic nitrogens is 1. The second-order valence-electron chi connectivity index (χ2n) is 7.29. The molecule has 2 N–H and O–H groups in total. The number of pyridine rings is 1. The molecule has 1 aliphatic heterocycles. The van der Waals surface area contributed by atoms with Crippen LogP contribution in [0.3, 0.4) is 0 Å². The minimum Gasteiger partial charge on any atom is -0.475 e. The summed E-state index contributed by atoms with van der Waals surface area (Å²) >= 11 is 0. The molecule has 0 saturated carbocycles. The van der Waals surface area contributed by atoms with Gasteiger partial charge in [-0.25, -0.2) is 4.98 Å². The van der Waals surface area contributed by atoms with Crippen LogP contribution >= 0.6 is 0 Å². The monoisotopic (exact) mass is 411 g/mol. The maximum Gasteiger partial charge on any atom is 0.218 e. The Morgan fingerprint density at radius 2 is 1.90 bits per heavy atom. The summed E-state index contributed by atoms with van der Waals surface area (Å²) in [6, 6.07) is 15.0. The third-order valence-corrected chi connectivity index (χ3v) is 5.27. The number of methoxy groups -OCH3 is 1. The summed E-state index contributed by atoms with van der Waals surface area (Å²) in [5.74, 6) is 1.39. The Morgan fingerprint density at radius 1 is 1.10 bits per heavy atom. The van der Waals surface area contributed by atoms with E-state index < -0.39 is 0 Å². The lowest BCUT2D eigenvalue weighted by molar-refractivity contribution is 0.143. The Balaban J connectivity index is 1.57. The van der Waals surface area contributed by atoms with Gasteiger partial charge in [0.1, 0.15) is 6.61 Å². The Hall–Kier alpha value is -2.64. The summed E-state index contributed by atoms with van der Waals surface area (Å²) in [6.07, 6.45) is 4.27. The topological polar surface area (TPSA) is 71.0 Å². The number of ether oxygens (including phenoxy) is 2. The highest BCUT2D eigenvalue weighted by atomic mass is 16.5. The fourth-order valence-corrected chi connectivity index (χ4v) is 3.69. The van der Waals surface area contributed by atoms with Crippen molar-refractivity contribution in [1.82, 2.24) is 20.5 Å². The molecular formula is C23H33N5O2. The van der Waals surface area contributed by atoms with Gasteiger partial charge in [-0.2, -0.15) is 0 Å². The molecule has 0 spiro atoms. The number of rotatable bonds is 10. The van der Waals surface area contributed by atoms with Crippen LogP contribution in [0.25, 0.3) is 0 Å². The van der Waals surface area contributed by atoms with E-state index in [0.29, 0.717) is 31.7 Å². The van der Waals surface area contributed by atoms with Crippen LogP contribution in [0.2, 0.25) is 0 Å². The molecule has 1 saturated heterocycles. The molecular weight excluding hydrogens is 378 g/mol. The summed E-state index contributed by atoms with van der Waals surface area (Å²) in [7, 11) is 3.45. The van der Waals surface area contributed by atoms with Crippen LogP contribution in [-0.4, -0.2) is 62.8 Å². The molecule has 0 bridgehead atoms. The quantitative estimate of drug-likeness (QED) is 0.356. The molecule has 30 heavy (non-hydrogen) atoms. The van der Waals surface area contributed by atoms with Gasteiger partial charge >= 0.3 is 0 Å². The summed E-state index contributed by atoms with van der Waals surface area (Å²) < 4.78 is 10.8. The van der Waals surface area contributed by atoms with Gasteiger partial charge in [0.05, 0.1) is 12.6 Å². The van der Waals surface area contributed by atoms with Crippen LogP contribution in [0.1, 0.15) is 30.0 Å². The molecule has 1 aromatic heterocycles. The Kier molecular flexibility index (Phi) is 8.93. The molecule has 1 aliphatic rings. The molecule has 1 unspecified atom stereocenters. The van der Waals surface area contributed by atoms with Gasteiger partial charge in [-0.05, 0) is 37.6 Å².